The summed E-state index contributed by atoms with van der Waals surface area (Å²) in [6.45, 7) is 0. The van der Waals surface area contributed by atoms with Crippen LogP contribution in [0.25, 0.3) is 0 Å². The van der Waals surface area contributed by atoms with E-state index >= 15 is 0 Å². The summed E-state index contributed by atoms with van der Waals surface area (Å²) in [5.74, 6) is 1.27. The van der Waals surface area contributed by atoms with Gasteiger partial charge in [0, 0.05) is 11.3 Å². The molecule has 0 saturated carbocycles. The molecule has 2 rings (SSSR count). The van der Waals surface area contributed by atoms with Crippen LogP contribution in [0.1, 0.15) is 5.56 Å². The zero-order chi connectivity index (χ0) is 18.5. The number of hydrogen-bond acceptors (Lipinski definition) is 4. The van der Waals surface area contributed by atoms with E-state index in [0.717, 1.165) is 12.1 Å². The molecule has 0 amide bonds. The largest absolute Gasteiger partial charge is 0.573 e. The van der Waals surface area contributed by atoms with Gasteiger partial charge in [0.05, 0.1) is 7.11 Å². The van der Waals surface area contributed by atoms with E-state index in [1.54, 1.807) is 30.3 Å². The fourth-order valence-electron chi connectivity index (χ4n) is 2.22. The minimum Gasteiger partial charge on any atom is -0.466 e. The molecule has 0 saturated heterocycles. The Hall–Kier alpha value is -3.14. The third-order valence-corrected chi connectivity index (χ3v) is 3.33. The van der Waals surface area contributed by atoms with Gasteiger partial charge in [0.1, 0.15) is 5.75 Å². The number of rotatable bonds is 5. The Morgan fingerprint density at radius 3 is 2.16 bits per heavy atom. The molecule has 0 unspecified atom stereocenters. The number of hydrogen-bond donors (Lipinski definition) is 1. The van der Waals surface area contributed by atoms with E-state index in [4.69, 9.17) is 11.2 Å². The molecule has 0 bridgehead atoms. The summed E-state index contributed by atoms with van der Waals surface area (Å²) in [6.07, 6.45) is 0.806. The minimum absolute atomic E-state index is 0.321. The standard InChI is InChI=1S/C18H14F3NO3/c1-3-17(16(23)24-2,13-7-5-4-6-8-13)22-14-9-11-15(12-10-14)25-18(19,20)21/h1,4-12,22H,2H3/t17-/m0/s1. The number of esters is 1. The molecule has 25 heavy (non-hydrogen) atoms. The van der Waals surface area contributed by atoms with Gasteiger partial charge >= 0.3 is 12.3 Å². The van der Waals surface area contributed by atoms with Crippen molar-refractivity contribution < 1.29 is 27.4 Å². The molecule has 0 radical (unpaired) electrons. The molecule has 1 atom stereocenters. The van der Waals surface area contributed by atoms with Crippen molar-refractivity contribution in [1.29, 1.82) is 0 Å². The number of alkyl halides is 3. The van der Waals surface area contributed by atoms with E-state index in [9.17, 15) is 18.0 Å². The van der Waals surface area contributed by atoms with Crippen molar-refractivity contribution in [2.45, 2.75) is 11.9 Å². The highest BCUT2D eigenvalue weighted by atomic mass is 19.4. The molecule has 0 fully saturated rings. The molecule has 0 aromatic heterocycles. The van der Waals surface area contributed by atoms with Gasteiger partial charge in [-0.1, -0.05) is 36.3 Å². The van der Waals surface area contributed by atoms with Gasteiger partial charge in [-0.15, -0.1) is 19.6 Å². The van der Waals surface area contributed by atoms with Crippen LogP contribution in [0.3, 0.4) is 0 Å². The summed E-state index contributed by atoms with van der Waals surface area (Å²) in [6, 6.07) is 13.3. The molecule has 2 aromatic carbocycles. The number of halogens is 3. The molecule has 0 spiro atoms. The molecule has 7 heteroatoms. The van der Waals surface area contributed by atoms with Gasteiger partial charge in [-0.3, -0.25) is 0 Å². The number of carbonyl (C=O) groups is 1. The van der Waals surface area contributed by atoms with Crippen molar-refractivity contribution in [2.75, 3.05) is 12.4 Å². The Morgan fingerprint density at radius 2 is 1.68 bits per heavy atom. The lowest BCUT2D eigenvalue weighted by Gasteiger charge is -2.28. The van der Waals surface area contributed by atoms with Gasteiger partial charge < -0.3 is 14.8 Å². The number of terminal acetylenes is 1. The summed E-state index contributed by atoms with van der Waals surface area (Å²) in [5.41, 5.74) is -0.843. The van der Waals surface area contributed by atoms with E-state index < -0.39 is 17.9 Å². The van der Waals surface area contributed by atoms with Crippen LogP contribution in [0, 0.1) is 12.3 Å². The van der Waals surface area contributed by atoms with Gasteiger partial charge in [-0.25, -0.2) is 4.79 Å². The van der Waals surface area contributed by atoms with E-state index in [0.29, 0.717) is 11.3 Å². The first-order valence-electron chi connectivity index (χ1n) is 7.06. The van der Waals surface area contributed by atoms with E-state index in [1.165, 1.54) is 19.2 Å². The number of carbonyl (C=O) groups excluding carboxylic acids is 1. The summed E-state index contributed by atoms with van der Waals surface area (Å²) in [4.78, 5) is 12.3. The molecule has 1 N–H and O–H groups in total. The van der Waals surface area contributed by atoms with Crippen molar-refractivity contribution in [1.82, 2.24) is 0 Å². The van der Waals surface area contributed by atoms with Crippen LogP contribution in [0.15, 0.2) is 54.6 Å². The third kappa shape index (κ3) is 4.23. The molecule has 4 nitrogen and oxygen atoms in total. The molecular weight excluding hydrogens is 335 g/mol. The van der Waals surface area contributed by atoms with Crippen LogP contribution < -0.4 is 10.1 Å². The van der Waals surface area contributed by atoms with Gasteiger partial charge in [-0.05, 0) is 24.3 Å². The molecule has 130 valence electrons. The Bertz CT molecular complexity index is 767. The minimum atomic E-state index is -4.78. The number of methoxy groups -OCH3 is 1. The average molecular weight is 349 g/mol. The fraction of sp³-hybridized carbons (Fsp3) is 0.167. The summed E-state index contributed by atoms with van der Waals surface area (Å²) in [5, 5.41) is 2.85. The Labute approximate surface area is 142 Å². The highest BCUT2D eigenvalue weighted by Gasteiger charge is 2.40. The lowest BCUT2D eigenvalue weighted by Crippen LogP contribution is -2.43. The Morgan fingerprint density at radius 1 is 1.08 bits per heavy atom. The van der Waals surface area contributed by atoms with E-state index in [1.807, 2.05) is 0 Å². The number of anilines is 1. The van der Waals surface area contributed by atoms with Gasteiger partial charge in [0.2, 0.25) is 5.54 Å². The topological polar surface area (TPSA) is 47.6 Å². The zero-order valence-corrected chi connectivity index (χ0v) is 13.1. The van der Waals surface area contributed by atoms with Crippen molar-refractivity contribution in [3.05, 3.63) is 60.2 Å². The van der Waals surface area contributed by atoms with Crippen molar-refractivity contribution in [3.8, 4) is 18.1 Å². The normalized spacial score (nSPS) is 13.2. The number of benzene rings is 2. The SMILES string of the molecule is C#C[C@@](Nc1ccc(OC(F)(F)F)cc1)(C(=O)OC)c1ccccc1. The van der Waals surface area contributed by atoms with Crippen LogP contribution in [-0.4, -0.2) is 19.4 Å². The second kappa shape index (κ2) is 7.18. The second-order valence-electron chi connectivity index (χ2n) is 4.95. The fourth-order valence-corrected chi connectivity index (χ4v) is 2.22. The van der Waals surface area contributed by atoms with Crippen LogP contribution in [-0.2, 0) is 15.1 Å². The second-order valence-corrected chi connectivity index (χ2v) is 4.95. The molecule has 0 heterocycles. The summed E-state index contributed by atoms with van der Waals surface area (Å²) >= 11 is 0. The number of ether oxygens (including phenoxy) is 2. The first-order valence-corrected chi connectivity index (χ1v) is 7.06. The number of nitrogens with one attached hydrogen (secondary N) is 1. The molecule has 0 aliphatic heterocycles. The summed E-state index contributed by atoms with van der Waals surface area (Å²) in [7, 11) is 1.19. The lowest BCUT2D eigenvalue weighted by atomic mass is 9.90. The van der Waals surface area contributed by atoms with Crippen LogP contribution in [0.5, 0.6) is 5.75 Å². The first-order chi connectivity index (χ1) is 11.8. The molecular formula is C18H14F3NO3. The molecule has 0 aliphatic rings. The predicted octanol–water partition coefficient (Wildman–Crippen LogP) is 3.70. The van der Waals surface area contributed by atoms with Crippen molar-refractivity contribution >= 4 is 11.7 Å². The average Bonchev–Trinajstić information content (AvgIpc) is 2.60. The van der Waals surface area contributed by atoms with Crippen molar-refractivity contribution in [2.24, 2.45) is 0 Å². The lowest BCUT2D eigenvalue weighted by molar-refractivity contribution is -0.274. The van der Waals surface area contributed by atoms with Crippen LogP contribution >= 0.6 is 0 Å². The third-order valence-electron chi connectivity index (χ3n) is 3.33. The smallest absolute Gasteiger partial charge is 0.466 e. The monoisotopic (exact) mass is 349 g/mol. The molecule has 0 aliphatic carbocycles. The maximum absolute atomic E-state index is 12.3. The zero-order valence-electron chi connectivity index (χ0n) is 13.1. The van der Waals surface area contributed by atoms with Gasteiger partial charge in [0.15, 0.2) is 0 Å². The van der Waals surface area contributed by atoms with Gasteiger partial charge in [0.25, 0.3) is 0 Å². The predicted molar refractivity (Wildman–Crippen MR) is 85.7 cm³/mol. The van der Waals surface area contributed by atoms with Crippen LogP contribution in [0.2, 0.25) is 0 Å². The first kappa shape index (κ1) is 18.2. The quantitative estimate of drug-likeness (QED) is 0.661. The molecule has 2 aromatic rings. The maximum atomic E-state index is 12.3. The Balaban J connectivity index is 2.35. The van der Waals surface area contributed by atoms with Crippen LogP contribution in [0.4, 0.5) is 18.9 Å². The van der Waals surface area contributed by atoms with Crippen molar-refractivity contribution in [3.63, 3.8) is 0 Å². The summed E-state index contributed by atoms with van der Waals surface area (Å²) < 4.78 is 45.3. The van der Waals surface area contributed by atoms with E-state index in [-0.39, 0.29) is 5.75 Å². The Kier molecular flexibility index (Phi) is 5.22. The highest BCUT2D eigenvalue weighted by Crippen LogP contribution is 2.29. The van der Waals surface area contributed by atoms with Gasteiger partial charge in [-0.2, -0.15) is 0 Å². The maximum Gasteiger partial charge on any atom is 0.573 e. The highest BCUT2D eigenvalue weighted by molar-refractivity contribution is 5.90. The van der Waals surface area contributed by atoms with E-state index in [2.05, 4.69) is 16.0 Å².